The maximum absolute atomic E-state index is 13.3. The average molecular weight is 335 g/mol. The molecule has 124 valence electrons. The number of amides is 1. The Morgan fingerprint density at radius 1 is 1.33 bits per heavy atom. The summed E-state index contributed by atoms with van der Waals surface area (Å²) in [7, 11) is 0. The zero-order chi connectivity index (χ0) is 17.6. The van der Waals surface area contributed by atoms with E-state index in [-0.39, 0.29) is 23.4 Å². The summed E-state index contributed by atoms with van der Waals surface area (Å²) >= 11 is 0. The summed E-state index contributed by atoms with van der Waals surface area (Å²) in [4.78, 5) is 35.8. The van der Waals surface area contributed by atoms with Crippen molar-refractivity contribution in [3.05, 3.63) is 46.8 Å². The van der Waals surface area contributed by atoms with Gasteiger partial charge in [-0.1, -0.05) is 6.07 Å². The van der Waals surface area contributed by atoms with Crippen molar-refractivity contribution in [2.45, 2.75) is 13.3 Å². The van der Waals surface area contributed by atoms with Crippen molar-refractivity contribution in [2.75, 3.05) is 0 Å². The van der Waals surface area contributed by atoms with Gasteiger partial charge in [-0.05, 0) is 31.0 Å². The molecule has 0 aliphatic carbocycles. The van der Waals surface area contributed by atoms with E-state index in [9.17, 15) is 23.2 Å². The third-order valence-corrected chi connectivity index (χ3v) is 3.82. The normalized spacial score (nSPS) is 20.0. The molecule has 1 atom stereocenters. The first-order valence-corrected chi connectivity index (χ1v) is 6.91. The number of hydrogen-bond donors (Lipinski definition) is 2. The Morgan fingerprint density at radius 2 is 2.04 bits per heavy atom. The number of allylic oxidation sites excluding steroid dienone is 1. The molecule has 2 aliphatic rings. The maximum atomic E-state index is 13.3. The van der Waals surface area contributed by atoms with Crippen molar-refractivity contribution < 1.29 is 28.3 Å². The minimum absolute atomic E-state index is 0.00365. The van der Waals surface area contributed by atoms with E-state index in [4.69, 9.17) is 5.11 Å². The van der Waals surface area contributed by atoms with Crippen LogP contribution in [0.2, 0.25) is 0 Å². The van der Waals surface area contributed by atoms with Crippen molar-refractivity contribution in [3.63, 3.8) is 0 Å². The summed E-state index contributed by atoms with van der Waals surface area (Å²) in [6.45, 7) is 1.43. The third kappa shape index (κ3) is 2.43. The van der Waals surface area contributed by atoms with Gasteiger partial charge in [-0.3, -0.25) is 9.59 Å². The van der Waals surface area contributed by atoms with Crippen LogP contribution >= 0.6 is 0 Å². The van der Waals surface area contributed by atoms with Gasteiger partial charge in [-0.15, -0.1) is 5.10 Å². The van der Waals surface area contributed by atoms with Gasteiger partial charge in [-0.25, -0.2) is 13.6 Å². The van der Waals surface area contributed by atoms with Gasteiger partial charge in [0.05, 0.1) is 0 Å². The number of fused-ring (bicyclic) bond motifs is 1. The van der Waals surface area contributed by atoms with E-state index < -0.39 is 41.0 Å². The summed E-state index contributed by atoms with van der Waals surface area (Å²) in [6.07, 6.45) is -0.145. The van der Waals surface area contributed by atoms with Crippen LogP contribution in [0.25, 0.3) is 0 Å². The zero-order valence-electron chi connectivity index (χ0n) is 12.3. The van der Waals surface area contributed by atoms with Gasteiger partial charge in [0.15, 0.2) is 17.4 Å². The lowest BCUT2D eigenvalue weighted by atomic mass is 9.88. The number of halogens is 2. The monoisotopic (exact) mass is 335 g/mol. The number of hydrogen-bond acceptors (Lipinski definition) is 5. The molecule has 2 N–H and O–H groups in total. The zero-order valence-corrected chi connectivity index (χ0v) is 12.3. The number of carboxylic acids is 1. The Bertz CT molecular complexity index is 847. The molecule has 0 bridgehead atoms. The molecule has 2 heterocycles. The van der Waals surface area contributed by atoms with Crippen LogP contribution in [-0.4, -0.2) is 33.6 Å². The van der Waals surface area contributed by atoms with Crippen LogP contribution in [0.1, 0.15) is 12.5 Å². The predicted octanol–water partition coefficient (Wildman–Crippen LogP) is 0.768. The molecule has 24 heavy (non-hydrogen) atoms. The number of ketones is 1. The molecule has 0 spiro atoms. The number of amidine groups is 1. The van der Waals surface area contributed by atoms with Crippen LogP contribution in [0.15, 0.2) is 34.7 Å². The molecular weight excluding hydrogens is 324 g/mol. The van der Waals surface area contributed by atoms with Gasteiger partial charge >= 0.3 is 5.97 Å². The average Bonchev–Trinajstić information content (AvgIpc) is 2.99. The Kier molecular flexibility index (Phi) is 3.63. The molecule has 7 nitrogen and oxygen atoms in total. The quantitative estimate of drug-likeness (QED) is 0.795. The predicted molar refractivity (Wildman–Crippen MR) is 76.3 cm³/mol. The number of Topliss-reactive ketones (excluding diaryl/α,β-unsaturated/α-hetero) is 1. The lowest BCUT2D eigenvalue weighted by molar-refractivity contribution is -0.140. The molecule has 0 saturated carbocycles. The minimum atomic E-state index is -1.37. The van der Waals surface area contributed by atoms with Crippen molar-refractivity contribution in [1.82, 2.24) is 10.3 Å². The largest absolute Gasteiger partial charge is 0.475 e. The Labute approximate surface area is 134 Å². The smallest absolute Gasteiger partial charge is 0.373 e. The highest BCUT2D eigenvalue weighted by Crippen LogP contribution is 2.28. The second-order valence-electron chi connectivity index (χ2n) is 5.37. The summed E-state index contributed by atoms with van der Waals surface area (Å²) in [5, 5.41) is 15.8. The fourth-order valence-electron chi connectivity index (χ4n) is 2.57. The summed E-state index contributed by atoms with van der Waals surface area (Å²) in [5.74, 6) is -6.38. The van der Waals surface area contributed by atoms with Gasteiger partial charge in [0.25, 0.3) is 5.91 Å². The fraction of sp³-hybridized carbons (Fsp3) is 0.200. The molecular formula is C15H11F2N3O4. The van der Waals surface area contributed by atoms with Crippen molar-refractivity contribution in [3.8, 4) is 0 Å². The molecule has 2 aliphatic heterocycles. The first-order chi connectivity index (χ1) is 11.3. The number of carbonyl (C=O) groups excluding carboxylic acids is 2. The van der Waals surface area contributed by atoms with Crippen LogP contribution in [0, 0.1) is 17.6 Å². The number of benzene rings is 1. The number of hydrazone groups is 1. The first kappa shape index (κ1) is 15.8. The Balaban J connectivity index is 1.93. The van der Waals surface area contributed by atoms with E-state index >= 15 is 0 Å². The van der Waals surface area contributed by atoms with Gasteiger partial charge in [0, 0.05) is 5.57 Å². The number of nitrogens with one attached hydrogen (secondary N) is 1. The number of rotatable bonds is 3. The van der Waals surface area contributed by atoms with E-state index in [0.717, 1.165) is 17.1 Å². The van der Waals surface area contributed by atoms with Crippen molar-refractivity contribution >= 4 is 23.5 Å². The molecule has 0 saturated heterocycles. The van der Waals surface area contributed by atoms with Crippen LogP contribution < -0.4 is 5.32 Å². The number of aliphatic carboxylic acids is 1. The highest BCUT2D eigenvalue weighted by molar-refractivity contribution is 6.36. The number of nitrogens with zero attached hydrogens (tertiary/aromatic N) is 2. The fourth-order valence-corrected chi connectivity index (χ4v) is 2.57. The molecule has 3 rings (SSSR count). The van der Waals surface area contributed by atoms with Crippen LogP contribution in [-0.2, 0) is 20.8 Å². The minimum Gasteiger partial charge on any atom is -0.475 e. The van der Waals surface area contributed by atoms with E-state index in [0.29, 0.717) is 0 Å². The third-order valence-electron chi connectivity index (χ3n) is 3.82. The Morgan fingerprint density at radius 3 is 2.67 bits per heavy atom. The topological polar surface area (TPSA) is 99.1 Å². The van der Waals surface area contributed by atoms with Gasteiger partial charge in [0.2, 0.25) is 5.84 Å². The van der Waals surface area contributed by atoms with Crippen molar-refractivity contribution in [1.29, 1.82) is 0 Å². The van der Waals surface area contributed by atoms with E-state index in [1.807, 2.05) is 0 Å². The molecule has 0 radical (unpaired) electrons. The summed E-state index contributed by atoms with van der Waals surface area (Å²) in [6, 6.07) is 3.11. The second kappa shape index (κ2) is 5.52. The standard InChI is InChI=1S/C15H11F2N3O4/c1-6-11(21)8(4-7-2-3-9(16)10(17)5-7)14(22)20-13(6)18-12(19-20)15(23)24/h2-3,5,8H,4H2,1H3,(H,18,19)(H,23,24). The lowest BCUT2D eigenvalue weighted by Crippen LogP contribution is -2.43. The molecule has 0 aromatic heterocycles. The Hall–Kier alpha value is -3.10. The van der Waals surface area contributed by atoms with Gasteiger partial charge in [-0.2, -0.15) is 5.01 Å². The molecule has 1 amide bonds. The van der Waals surface area contributed by atoms with Gasteiger partial charge in [0.1, 0.15) is 11.7 Å². The molecule has 1 aromatic rings. The second-order valence-corrected chi connectivity index (χ2v) is 5.37. The van der Waals surface area contributed by atoms with Crippen LogP contribution in [0.3, 0.4) is 0 Å². The SMILES string of the molecule is CC1=C2NC(C(=O)O)=NN2C(=O)C(Cc2ccc(F)c(F)c2)C1=O. The van der Waals surface area contributed by atoms with E-state index in [1.54, 1.807) is 0 Å². The van der Waals surface area contributed by atoms with Gasteiger partial charge < -0.3 is 10.4 Å². The molecule has 0 fully saturated rings. The van der Waals surface area contributed by atoms with Crippen LogP contribution in [0.5, 0.6) is 0 Å². The van der Waals surface area contributed by atoms with Crippen molar-refractivity contribution in [2.24, 2.45) is 11.0 Å². The van der Waals surface area contributed by atoms with Crippen LogP contribution in [0.4, 0.5) is 8.78 Å². The molecule has 9 heteroatoms. The van der Waals surface area contributed by atoms with E-state index in [2.05, 4.69) is 10.4 Å². The lowest BCUT2D eigenvalue weighted by Gasteiger charge is -2.27. The highest BCUT2D eigenvalue weighted by Gasteiger charge is 2.43. The first-order valence-electron chi connectivity index (χ1n) is 6.91. The summed E-state index contributed by atoms with van der Waals surface area (Å²) < 4.78 is 26.3. The number of carboxylic acid groups (broad SMARTS) is 1. The van der Waals surface area contributed by atoms with E-state index in [1.165, 1.54) is 13.0 Å². The molecule has 1 aromatic carbocycles. The maximum Gasteiger partial charge on any atom is 0.373 e. The molecule has 1 unspecified atom stereocenters. The highest BCUT2D eigenvalue weighted by atomic mass is 19.2. The number of carbonyl (C=O) groups is 3. The summed E-state index contributed by atoms with van der Waals surface area (Å²) in [5.41, 5.74) is 0.411.